The second kappa shape index (κ2) is 9.70. The minimum atomic E-state index is 0. The first kappa shape index (κ1) is 20.9. The Morgan fingerprint density at radius 2 is 1.07 bits per heavy atom. The Morgan fingerprint density at radius 3 is 1.20 bits per heavy atom. The van der Waals surface area contributed by atoms with Crippen LogP contribution in [0.25, 0.3) is 5.32 Å². The molecule has 88 valence electrons. The van der Waals surface area contributed by atoms with Gasteiger partial charge >= 0.3 is 17.4 Å². The Bertz CT molecular complexity index is 116. The Balaban J connectivity index is -0.000000258. The minimum Gasteiger partial charge on any atom is -0.652 e. The molecule has 0 aromatic carbocycles. The molecule has 0 radical (unpaired) electrons. The first-order valence-corrected chi connectivity index (χ1v) is 5.57. The van der Waals surface area contributed by atoms with E-state index in [-0.39, 0.29) is 28.4 Å². The van der Waals surface area contributed by atoms with Gasteiger partial charge in [-0.05, 0) is 0 Å². The van der Waals surface area contributed by atoms with E-state index in [2.05, 4.69) is 41.5 Å². The van der Waals surface area contributed by atoms with Crippen LogP contribution in [0.4, 0.5) is 0 Å². The maximum atomic E-state index is 4.75. The SMILES string of the molecule is CC1(C)CCCC(C)(C)[N-]1.[Al+3].[CH2-]C.[CH2-]C. The van der Waals surface area contributed by atoms with Crippen LogP contribution in [-0.4, -0.2) is 28.4 Å². The van der Waals surface area contributed by atoms with E-state index < -0.39 is 0 Å². The molecular weight excluding hydrogens is 197 g/mol. The van der Waals surface area contributed by atoms with Crippen LogP contribution >= 0.6 is 0 Å². The van der Waals surface area contributed by atoms with Crippen LogP contribution in [0.2, 0.25) is 0 Å². The van der Waals surface area contributed by atoms with Gasteiger partial charge in [0, 0.05) is 0 Å². The number of nitrogens with zero attached hydrogens (tertiary/aromatic N) is 1. The van der Waals surface area contributed by atoms with Gasteiger partial charge in [-0.15, -0.1) is 11.1 Å². The molecule has 0 amide bonds. The van der Waals surface area contributed by atoms with E-state index >= 15 is 0 Å². The standard InChI is InChI=1S/C9H18N.2C2H5.Al/c1-8(2)6-5-7-9(3,4)10-8;2*1-2;/h5-7H2,1-4H3;2*1H2,2H3;/q3*-1;+3. The van der Waals surface area contributed by atoms with Crippen molar-refractivity contribution in [3.05, 3.63) is 19.2 Å². The van der Waals surface area contributed by atoms with Gasteiger partial charge in [0.25, 0.3) is 0 Å². The number of piperidine rings is 1. The summed E-state index contributed by atoms with van der Waals surface area (Å²) in [6.07, 6.45) is 3.86. The molecule has 1 fully saturated rings. The molecule has 0 aliphatic carbocycles. The van der Waals surface area contributed by atoms with Crippen molar-refractivity contribution < 1.29 is 0 Å². The second-order valence-electron chi connectivity index (χ2n) is 4.59. The molecule has 1 rings (SSSR count). The average molecular weight is 225 g/mol. The normalized spacial score (nSPS) is 20.8. The average Bonchev–Trinajstić information content (AvgIpc) is 2.07. The van der Waals surface area contributed by atoms with E-state index in [4.69, 9.17) is 5.32 Å². The van der Waals surface area contributed by atoms with Crippen molar-refractivity contribution in [2.24, 2.45) is 0 Å². The first-order valence-electron chi connectivity index (χ1n) is 5.57. The fraction of sp³-hybridized carbons (Fsp3) is 0.846. The molecule has 1 aliphatic heterocycles. The fourth-order valence-corrected chi connectivity index (χ4v) is 1.88. The van der Waals surface area contributed by atoms with Gasteiger partial charge in [-0.1, -0.05) is 47.0 Å². The molecule has 0 bridgehead atoms. The van der Waals surface area contributed by atoms with Gasteiger partial charge in [-0.3, -0.25) is 0 Å². The summed E-state index contributed by atoms with van der Waals surface area (Å²) >= 11 is 0. The third-order valence-corrected chi connectivity index (χ3v) is 2.18. The van der Waals surface area contributed by atoms with Crippen molar-refractivity contribution in [2.75, 3.05) is 0 Å². The topological polar surface area (TPSA) is 14.1 Å². The molecule has 0 N–H and O–H groups in total. The van der Waals surface area contributed by atoms with Gasteiger partial charge in [0.2, 0.25) is 0 Å². The minimum absolute atomic E-state index is 0. The van der Waals surface area contributed by atoms with Gasteiger partial charge in [0.05, 0.1) is 0 Å². The van der Waals surface area contributed by atoms with E-state index in [0.717, 1.165) is 0 Å². The smallest absolute Gasteiger partial charge is 0.652 e. The fourth-order valence-electron chi connectivity index (χ4n) is 1.88. The van der Waals surface area contributed by atoms with Crippen molar-refractivity contribution in [2.45, 2.75) is 71.9 Å². The molecule has 1 heterocycles. The summed E-state index contributed by atoms with van der Waals surface area (Å²) in [7, 11) is 0. The zero-order valence-electron chi connectivity index (χ0n) is 11.6. The quantitative estimate of drug-likeness (QED) is 0.428. The van der Waals surface area contributed by atoms with Crippen molar-refractivity contribution in [1.29, 1.82) is 0 Å². The van der Waals surface area contributed by atoms with Crippen LogP contribution < -0.4 is 0 Å². The maximum Gasteiger partial charge on any atom is 3.00 e. The zero-order valence-corrected chi connectivity index (χ0v) is 12.7. The molecule has 0 aromatic heterocycles. The summed E-state index contributed by atoms with van der Waals surface area (Å²) in [6.45, 7) is 18.9. The summed E-state index contributed by atoms with van der Waals surface area (Å²) in [5.74, 6) is 0. The van der Waals surface area contributed by atoms with Crippen LogP contribution in [0.1, 0.15) is 60.8 Å². The molecular formula is C13H28AlN. The molecule has 1 nitrogen and oxygen atoms in total. The number of hydrogen-bond acceptors (Lipinski definition) is 0. The Morgan fingerprint density at radius 1 is 0.800 bits per heavy atom. The summed E-state index contributed by atoms with van der Waals surface area (Å²) < 4.78 is 0. The van der Waals surface area contributed by atoms with Crippen LogP contribution in [0.15, 0.2) is 0 Å². The van der Waals surface area contributed by atoms with Gasteiger partial charge in [0.1, 0.15) is 0 Å². The van der Waals surface area contributed by atoms with Gasteiger partial charge in [0.15, 0.2) is 0 Å². The van der Waals surface area contributed by atoms with Crippen LogP contribution in [-0.2, 0) is 0 Å². The van der Waals surface area contributed by atoms with Crippen LogP contribution in [0.5, 0.6) is 0 Å². The van der Waals surface area contributed by atoms with Gasteiger partial charge in [-0.2, -0.15) is 13.8 Å². The molecule has 0 spiro atoms. The summed E-state index contributed by atoms with van der Waals surface area (Å²) in [4.78, 5) is 0. The molecule has 1 aliphatic rings. The molecule has 15 heavy (non-hydrogen) atoms. The molecule has 0 aromatic rings. The summed E-state index contributed by atoms with van der Waals surface area (Å²) in [5.41, 5.74) is 0.476. The zero-order chi connectivity index (χ0) is 11.8. The molecule has 1 saturated heterocycles. The summed E-state index contributed by atoms with van der Waals surface area (Å²) in [6, 6.07) is 0. The Hall–Kier alpha value is 0.492. The van der Waals surface area contributed by atoms with Crippen molar-refractivity contribution >= 4 is 17.4 Å². The number of rotatable bonds is 0. The van der Waals surface area contributed by atoms with E-state index in [1.54, 1.807) is 13.8 Å². The molecule has 0 atom stereocenters. The van der Waals surface area contributed by atoms with Crippen molar-refractivity contribution in [1.82, 2.24) is 0 Å². The largest absolute Gasteiger partial charge is 3.00 e. The van der Waals surface area contributed by atoms with E-state index in [1.165, 1.54) is 19.3 Å². The summed E-state index contributed by atoms with van der Waals surface area (Å²) in [5, 5.41) is 4.75. The maximum absolute atomic E-state index is 4.75. The third kappa shape index (κ3) is 10.8. The predicted octanol–water partition coefficient (Wildman–Crippen LogP) is 4.40. The third-order valence-electron chi connectivity index (χ3n) is 2.18. The first-order chi connectivity index (χ1) is 6.41. The Kier molecular flexibility index (Phi) is 13.5. The van der Waals surface area contributed by atoms with Crippen LogP contribution in [0.3, 0.4) is 0 Å². The molecule has 0 unspecified atom stereocenters. The van der Waals surface area contributed by atoms with E-state index in [1.807, 2.05) is 0 Å². The predicted molar refractivity (Wildman–Crippen MR) is 73.2 cm³/mol. The van der Waals surface area contributed by atoms with Crippen LogP contribution in [0, 0.1) is 13.8 Å². The van der Waals surface area contributed by atoms with E-state index in [0.29, 0.717) is 0 Å². The second-order valence-corrected chi connectivity index (χ2v) is 4.59. The van der Waals surface area contributed by atoms with E-state index in [9.17, 15) is 0 Å². The van der Waals surface area contributed by atoms with Gasteiger partial charge in [-0.25, -0.2) is 0 Å². The van der Waals surface area contributed by atoms with Crippen molar-refractivity contribution in [3.63, 3.8) is 0 Å². The van der Waals surface area contributed by atoms with Crippen molar-refractivity contribution in [3.8, 4) is 0 Å². The Labute approximate surface area is 109 Å². The van der Waals surface area contributed by atoms with Gasteiger partial charge < -0.3 is 19.2 Å². The molecule has 0 saturated carbocycles. The number of hydrogen-bond donors (Lipinski definition) is 0. The molecule has 2 heteroatoms. The monoisotopic (exact) mass is 225 g/mol.